The molecule has 5 aliphatic rings. The molecule has 17 heteroatoms. The zero-order valence-corrected chi connectivity index (χ0v) is 25.6. The summed E-state index contributed by atoms with van der Waals surface area (Å²) >= 11 is 0. The number of halogens is 2. The molecular weight excluding hydrogens is 618 g/mol. The van der Waals surface area contributed by atoms with Crippen molar-refractivity contribution in [1.29, 1.82) is 0 Å². The first kappa shape index (κ1) is 29.9. The molecule has 1 unspecified atom stereocenters. The number of nitrogens with zero attached hydrogens (tertiary/aromatic N) is 7. The summed E-state index contributed by atoms with van der Waals surface area (Å²) in [4.78, 5) is 50.2. The average Bonchev–Trinajstić information content (AvgIpc) is 3.87. The summed E-state index contributed by atoms with van der Waals surface area (Å²) in [7, 11) is 0. The monoisotopic (exact) mass is 652 g/mol. The quantitative estimate of drug-likeness (QED) is 0.332. The molecule has 1 atom stereocenters. The number of hydrogen-bond donors (Lipinski definition) is 3. The van der Waals surface area contributed by atoms with E-state index in [4.69, 9.17) is 9.47 Å². The van der Waals surface area contributed by atoms with E-state index in [2.05, 4.69) is 41.0 Å². The van der Waals surface area contributed by atoms with Crippen molar-refractivity contribution >= 4 is 40.6 Å². The van der Waals surface area contributed by atoms with Crippen molar-refractivity contribution in [3.63, 3.8) is 0 Å². The van der Waals surface area contributed by atoms with Crippen molar-refractivity contribution in [3.05, 3.63) is 29.0 Å². The van der Waals surface area contributed by atoms with Gasteiger partial charge in [-0.2, -0.15) is 15.0 Å². The van der Waals surface area contributed by atoms with Gasteiger partial charge < -0.3 is 30.3 Å². The fourth-order valence-corrected chi connectivity index (χ4v) is 7.37. The van der Waals surface area contributed by atoms with Gasteiger partial charge in [0, 0.05) is 39.0 Å². The third-order valence-electron chi connectivity index (χ3n) is 9.79. The molecular formula is C30H34F2N10O5. The number of nitrogens with one attached hydrogen (secondary N) is 3. The number of hydrogen-bond acceptors (Lipinski definition) is 11. The van der Waals surface area contributed by atoms with Crippen LogP contribution in [0.5, 0.6) is 5.88 Å². The van der Waals surface area contributed by atoms with Gasteiger partial charge in [-0.05, 0) is 49.3 Å². The van der Waals surface area contributed by atoms with Crippen molar-refractivity contribution < 1.29 is 32.6 Å². The van der Waals surface area contributed by atoms with Crippen LogP contribution in [0.3, 0.4) is 0 Å². The first-order valence-corrected chi connectivity index (χ1v) is 16.0. The van der Waals surface area contributed by atoms with E-state index in [0.29, 0.717) is 63.0 Å². The summed E-state index contributed by atoms with van der Waals surface area (Å²) in [5, 5.41) is 17.0. The van der Waals surface area contributed by atoms with E-state index in [1.807, 2.05) is 0 Å². The van der Waals surface area contributed by atoms with Crippen LogP contribution in [0.2, 0.25) is 0 Å². The number of likely N-dealkylation sites (tertiary alicyclic amines) is 1. The molecule has 4 aliphatic heterocycles. The number of rotatable bonds is 7. The Labute approximate surface area is 267 Å². The zero-order valence-electron chi connectivity index (χ0n) is 25.6. The highest BCUT2D eigenvalue weighted by atomic mass is 19.1. The Kier molecular flexibility index (Phi) is 7.39. The minimum Gasteiger partial charge on any atom is -0.465 e. The summed E-state index contributed by atoms with van der Waals surface area (Å²) in [5.41, 5.74) is -0.148. The molecule has 3 fully saturated rings. The standard InChI is InChI=1S/C30H34F2N10O5/c31-22-17-10-16(11-18(17)23(32)25-24(22)38-42(39-25)9-6-34-27(44)19-2-1-5-33-19)13-40-7-3-30(4-8-40)15-41(29(45)47-30)20-12-35-28-26(36-20)37-21(43)14-46-28/h12,16,19,33H,1-11,13-15H2,(H,34,44)(H,36,37,43). The number of anilines is 2. The minimum atomic E-state index is -0.687. The van der Waals surface area contributed by atoms with E-state index >= 15 is 8.78 Å². The van der Waals surface area contributed by atoms with E-state index in [0.717, 1.165) is 19.4 Å². The molecule has 3 saturated heterocycles. The Bertz CT molecular complexity index is 1720. The summed E-state index contributed by atoms with van der Waals surface area (Å²) in [5.74, 6) is -0.856. The molecule has 1 aromatic carbocycles. The van der Waals surface area contributed by atoms with E-state index in [-0.39, 0.29) is 72.0 Å². The van der Waals surface area contributed by atoms with Gasteiger partial charge in [0.15, 0.2) is 40.9 Å². The molecule has 1 spiro atoms. The predicted octanol–water partition coefficient (Wildman–Crippen LogP) is 0.905. The number of carbonyl (C=O) groups is 3. The van der Waals surface area contributed by atoms with E-state index < -0.39 is 23.3 Å². The molecule has 248 valence electrons. The molecule has 8 rings (SSSR count). The van der Waals surface area contributed by atoms with Gasteiger partial charge in [0.05, 0.1) is 25.3 Å². The minimum absolute atomic E-state index is 0.0203. The fourth-order valence-electron chi connectivity index (χ4n) is 7.37. The number of carbonyl (C=O) groups excluding carboxylic acids is 3. The largest absolute Gasteiger partial charge is 0.465 e. The lowest BCUT2D eigenvalue weighted by molar-refractivity contribution is -0.122. The highest BCUT2D eigenvalue weighted by Crippen LogP contribution is 2.39. The van der Waals surface area contributed by atoms with Crippen molar-refractivity contribution in [2.24, 2.45) is 5.92 Å². The van der Waals surface area contributed by atoms with Crippen LogP contribution in [-0.4, -0.2) is 105 Å². The second-order valence-electron chi connectivity index (χ2n) is 12.9. The molecule has 3 aromatic rings. The highest BCUT2D eigenvalue weighted by molar-refractivity contribution is 5.95. The summed E-state index contributed by atoms with van der Waals surface area (Å²) in [6.45, 7) is 3.40. The van der Waals surface area contributed by atoms with Crippen molar-refractivity contribution in [2.45, 2.75) is 56.7 Å². The maximum Gasteiger partial charge on any atom is 0.416 e. The zero-order chi connectivity index (χ0) is 32.3. The van der Waals surface area contributed by atoms with Gasteiger partial charge in [-0.1, -0.05) is 0 Å². The van der Waals surface area contributed by atoms with Gasteiger partial charge in [0.1, 0.15) is 5.60 Å². The van der Waals surface area contributed by atoms with Gasteiger partial charge in [-0.3, -0.25) is 14.5 Å². The van der Waals surface area contributed by atoms with Crippen molar-refractivity contribution in [2.75, 3.05) is 56.1 Å². The summed E-state index contributed by atoms with van der Waals surface area (Å²) in [6, 6.07) is -0.202. The molecule has 6 heterocycles. The maximum atomic E-state index is 15.6. The van der Waals surface area contributed by atoms with Crippen LogP contribution in [0.4, 0.5) is 25.2 Å². The first-order chi connectivity index (χ1) is 22.7. The van der Waals surface area contributed by atoms with Crippen LogP contribution in [0.15, 0.2) is 6.20 Å². The SMILES string of the molecule is O=C1COc2ncc(N3CC4(CCN(CC5Cc6c(c(F)c7nn(CCNC(=O)C8CCCN8)nc7c6F)C5)CC4)OC3=O)nc2N1. The van der Waals surface area contributed by atoms with E-state index in [9.17, 15) is 14.4 Å². The van der Waals surface area contributed by atoms with E-state index in [1.54, 1.807) is 0 Å². The number of piperidine rings is 1. The average molecular weight is 653 g/mol. The van der Waals surface area contributed by atoms with Gasteiger partial charge in [-0.15, -0.1) is 0 Å². The van der Waals surface area contributed by atoms with Crippen LogP contribution in [0.1, 0.15) is 36.8 Å². The first-order valence-electron chi connectivity index (χ1n) is 16.0. The lowest BCUT2D eigenvalue weighted by Crippen LogP contribution is -2.48. The molecule has 15 nitrogen and oxygen atoms in total. The Morgan fingerprint density at radius 1 is 1.11 bits per heavy atom. The van der Waals surface area contributed by atoms with E-state index in [1.165, 1.54) is 15.9 Å². The third-order valence-corrected chi connectivity index (χ3v) is 9.79. The molecule has 0 saturated carbocycles. The smallest absolute Gasteiger partial charge is 0.416 e. The number of ether oxygens (including phenoxy) is 2. The third kappa shape index (κ3) is 5.50. The molecule has 3 N–H and O–H groups in total. The van der Waals surface area contributed by atoms with Crippen LogP contribution in [-0.2, 0) is 33.7 Å². The predicted molar refractivity (Wildman–Crippen MR) is 161 cm³/mol. The number of benzene rings is 1. The molecule has 3 amide bonds. The van der Waals surface area contributed by atoms with Gasteiger partial charge in [0.2, 0.25) is 5.91 Å². The molecule has 0 bridgehead atoms. The van der Waals surface area contributed by atoms with Gasteiger partial charge in [0.25, 0.3) is 11.8 Å². The van der Waals surface area contributed by atoms with Crippen LogP contribution >= 0.6 is 0 Å². The Balaban J connectivity index is 0.869. The maximum absolute atomic E-state index is 15.6. The Hall–Kier alpha value is -4.51. The number of aromatic nitrogens is 5. The lowest BCUT2D eigenvalue weighted by atomic mass is 9.90. The topological polar surface area (TPSA) is 169 Å². The second kappa shape index (κ2) is 11.6. The molecule has 47 heavy (non-hydrogen) atoms. The van der Waals surface area contributed by atoms with Gasteiger partial charge in [-0.25, -0.2) is 23.5 Å². The summed E-state index contributed by atoms with van der Waals surface area (Å²) < 4.78 is 42.4. The van der Waals surface area contributed by atoms with Crippen molar-refractivity contribution in [1.82, 2.24) is 40.5 Å². The Morgan fingerprint density at radius 2 is 1.85 bits per heavy atom. The highest BCUT2D eigenvalue weighted by Gasteiger charge is 2.48. The van der Waals surface area contributed by atoms with Gasteiger partial charge >= 0.3 is 6.09 Å². The van der Waals surface area contributed by atoms with Crippen molar-refractivity contribution in [3.8, 4) is 5.88 Å². The number of fused-ring (bicyclic) bond motifs is 3. The molecule has 2 aromatic heterocycles. The molecule has 1 aliphatic carbocycles. The van der Waals surface area contributed by atoms with Crippen LogP contribution in [0, 0.1) is 17.6 Å². The van der Waals surface area contributed by atoms with Crippen LogP contribution in [0.25, 0.3) is 11.0 Å². The summed E-state index contributed by atoms with van der Waals surface area (Å²) in [6.07, 6.45) is 4.62. The molecule has 0 radical (unpaired) electrons. The Morgan fingerprint density at radius 3 is 2.55 bits per heavy atom. The normalized spacial score (nSPS) is 22.3. The van der Waals surface area contributed by atoms with Crippen LogP contribution < -0.4 is 25.6 Å². The lowest BCUT2D eigenvalue weighted by Gasteiger charge is -2.38. The number of amides is 3. The second-order valence-corrected chi connectivity index (χ2v) is 12.9. The fraction of sp³-hybridized carbons (Fsp3) is 0.567.